The maximum Gasteiger partial charge on any atom is 0.241 e. The number of fused-ring (bicyclic) bond motifs is 1. The number of likely N-dealkylation sites (tertiary alicyclic amines) is 1. The molecule has 0 bridgehead atoms. The van der Waals surface area contributed by atoms with Crippen LogP contribution < -0.4 is 10.6 Å². The molecule has 3 amide bonds. The highest BCUT2D eigenvalue weighted by molar-refractivity contribution is 5.87. The Hall–Kier alpha value is -2.90. The quantitative estimate of drug-likeness (QED) is 0.723. The highest BCUT2D eigenvalue weighted by Gasteiger charge is 2.26. The van der Waals surface area contributed by atoms with Crippen LogP contribution in [0.4, 0.5) is 0 Å². The molecule has 3 rings (SSSR count). The van der Waals surface area contributed by atoms with Gasteiger partial charge in [0.05, 0.1) is 24.1 Å². The highest BCUT2D eigenvalue weighted by atomic mass is 16.2. The van der Waals surface area contributed by atoms with E-state index in [1.807, 2.05) is 19.1 Å². The molecule has 0 unspecified atom stereocenters. The van der Waals surface area contributed by atoms with Gasteiger partial charge in [0.1, 0.15) is 5.82 Å². The van der Waals surface area contributed by atoms with Gasteiger partial charge in [-0.1, -0.05) is 6.07 Å². The van der Waals surface area contributed by atoms with E-state index >= 15 is 0 Å². The SMILES string of the molecule is CC(=O)NCC(=O)NCC(=O)N1CCC[C@H](c2nc3ccc(C)cc3[nH]2)C1. The van der Waals surface area contributed by atoms with E-state index in [0.29, 0.717) is 13.1 Å². The van der Waals surface area contributed by atoms with Gasteiger partial charge in [-0.3, -0.25) is 14.4 Å². The third-order valence-electron chi connectivity index (χ3n) is 4.75. The van der Waals surface area contributed by atoms with E-state index in [-0.39, 0.29) is 36.7 Å². The molecule has 1 aliphatic heterocycles. The van der Waals surface area contributed by atoms with Gasteiger partial charge in [0.15, 0.2) is 0 Å². The van der Waals surface area contributed by atoms with Crippen LogP contribution >= 0.6 is 0 Å². The molecule has 2 heterocycles. The van der Waals surface area contributed by atoms with E-state index in [1.165, 1.54) is 12.5 Å². The Balaban J connectivity index is 1.57. The van der Waals surface area contributed by atoms with E-state index in [2.05, 4.69) is 26.7 Å². The summed E-state index contributed by atoms with van der Waals surface area (Å²) in [6, 6.07) is 6.11. The maximum atomic E-state index is 12.4. The van der Waals surface area contributed by atoms with Crippen molar-refractivity contribution in [2.75, 3.05) is 26.2 Å². The van der Waals surface area contributed by atoms with Crippen molar-refractivity contribution in [3.63, 3.8) is 0 Å². The lowest BCUT2D eigenvalue weighted by molar-refractivity contribution is -0.133. The Morgan fingerprint density at radius 3 is 2.85 bits per heavy atom. The number of H-pyrrole nitrogens is 1. The first-order valence-corrected chi connectivity index (χ1v) is 9.17. The largest absolute Gasteiger partial charge is 0.347 e. The third kappa shape index (κ3) is 4.84. The number of aromatic nitrogens is 2. The van der Waals surface area contributed by atoms with Gasteiger partial charge in [0, 0.05) is 25.9 Å². The molecule has 1 aromatic heterocycles. The zero-order chi connectivity index (χ0) is 19.4. The Morgan fingerprint density at radius 2 is 2.07 bits per heavy atom. The number of carbonyl (C=O) groups excluding carboxylic acids is 3. The average molecular weight is 371 g/mol. The van der Waals surface area contributed by atoms with Crippen molar-refractivity contribution in [2.24, 2.45) is 0 Å². The molecular formula is C19H25N5O3. The van der Waals surface area contributed by atoms with Crippen LogP contribution in [-0.2, 0) is 14.4 Å². The van der Waals surface area contributed by atoms with Gasteiger partial charge in [-0.15, -0.1) is 0 Å². The standard InChI is InChI=1S/C19H25N5O3/c1-12-5-6-15-16(8-12)23-19(22-15)14-4-3-7-24(11-14)18(27)10-21-17(26)9-20-13(2)25/h5-6,8,14H,3-4,7,9-11H2,1-2H3,(H,20,25)(H,21,26)(H,22,23)/t14-/m0/s1. The number of imidazole rings is 1. The predicted molar refractivity (Wildman–Crippen MR) is 101 cm³/mol. The van der Waals surface area contributed by atoms with Crippen LogP contribution in [0.5, 0.6) is 0 Å². The fourth-order valence-corrected chi connectivity index (χ4v) is 3.32. The fourth-order valence-electron chi connectivity index (χ4n) is 3.32. The molecule has 1 atom stereocenters. The summed E-state index contributed by atoms with van der Waals surface area (Å²) in [4.78, 5) is 44.7. The molecule has 0 saturated carbocycles. The number of hydrogen-bond acceptors (Lipinski definition) is 4. The van der Waals surface area contributed by atoms with Crippen molar-refractivity contribution in [2.45, 2.75) is 32.6 Å². The minimum Gasteiger partial charge on any atom is -0.347 e. The lowest BCUT2D eigenvalue weighted by Crippen LogP contribution is -2.46. The second-order valence-electron chi connectivity index (χ2n) is 7.01. The number of nitrogens with one attached hydrogen (secondary N) is 3. The number of aromatic amines is 1. The normalized spacial score (nSPS) is 17.0. The number of aryl methyl sites for hydroxylation is 1. The van der Waals surface area contributed by atoms with Crippen LogP contribution in [0.15, 0.2) is 18.2 Å². The van der Waals surface area contributed by atoms with Crippen LogP contribution in [0.25, 0.3) is 11.0 Å². The molecule has 27 heavy (non-hydrogen) atoms. The van der Waals surface area contributed by atoms with Crippen molar-refractivity contribution in [1.82, 2.24) is 25.5 Å². The smallest absolute Gasteiger partial charge is 0.241 e. The second kappa shape index (κ2) is 8.20. The first-order valence-electron chi connectivity index (χ1n) is 9.17. The molecule has 0 radical (unpaired) electrons. The summed E-state index contributed by atoms with van der Waals surface area (Å²) >= 11 is 0. The third-order valence-corrected chi connectivity index (χ3v) is 4.75. The Kier molecular flexibility index (Phi) is 5.73. The zero-order valence-electron chi connectivity index (χ0n) is 15.7. The summed E-state index contributed by atoms with van der Waals surface area (Å²) in [5.41, 5.74) is 3.12. The Morgan fingerprint density at radius 1 is 1.26 bits per heavy atom. The van der Waals surface area contributed by atoms with Gasteiger partial charge in [-0.25, -0.2) is 4.98 Å². The molecule has 8 heteroatoms. The lowest BCUT2D eigenvalue weighted by Gasteiger charge is -2.32. The first kappa shape index (κ1) is 18.9. The van der Waals surface area contributed by atoms with E-state index in [4.69, 9.17) is 0 Å². The fraction of sp³-hybridized carbons (Fsp3) is 0.474. The van der Waals surface area contributed by atoms with Crippen molar-refractivity contribution in [3.05, 3.63) is 29.6 Å². The van der Waals surface area contributed by atoms with Gasteiger partial charge >= 0.3 is 0 Å². The summed E-state index contributed by atoms with van der Waals surface area (Å²) in [5, 5.41) is 4.95. The highest BCUT2D eigenvalue weighted by Crippen LogP contribution is 2.27. The summed E-state index contributed by atoms with van der Waals surface area (Å²) in [6.07, 6.45) is 1.86. The predicted octanol–water partition coefficient (Wildman–Crippen LogP) is 0.830. The van der Waals surface area contributed by atoms with E-state index in [9.17, 15) is 14.4 Å². The van der Waals surface area contributed by atoms with Crippen molar-refractivity contribution >= 4 is 28.8 Å². The van der Waals surface area contributed by atoms with Crippen LogP contribution in [0.3, 0.4) is 0 Å². The summed E-state index contributed by atoms with van der Waals surface area (Å²) in [5.74, 6) is 0.284. The molecule has 0 spiro atoms. The second-order valence-corrected chi connectivity index (χ2v) is 7.01. The van der Waals surface area contributed by atoms with E-state index < -0.39 is 0 Å². The molecule has 1 fully saturated rings. The first-order chi connectivity index (χ1) is 12.9. The van der Waals surface area contributed by atoms with Crippen LogP contribution in [0, 0.1) is 6.92 Å². The van der Waals surface area contributed by atoms with Crippen molar-refractivity contribution < 1.29 is 14.4 Å². The van der Waals surface area contributed by atoms with Gasteiger partial charge in [-0.05, 0) is 37.5 Å². The van der Waals surface area contributed by atoms with Crippen LogP contribution in [-0.4, -0.2) is 58.8 Å². The number of hydrogen-bond donors (Lipinski definition) is 3. The molecule has 3 N–H and O–H groups in total. The number of rotatable bonds is 5. The average Bonchev–Trinajstić information content (AvgIpc) is 3.07. The minimum atomic E-state index is -0.375. The van der Waals surface area contributed by atoms with Crippen molar-refractivity contribution in [3.8, 4) is 0 Å². The Bertz CT molecular complexity index is 860. The molecule has 1 aliphatic rings. The molecule has 1 saturated heterocycles. The summed E-state index contributed by atoms with van der Waals surface area (Å²) < 4.78 is 0. The maximum absolute atomic E-state index is 12.4. The van der Waals surface area contributed by atoms with Gasteiger partial charge in [0.25, 0.3) is 0 Å². The molecule has 144 valence electrons. The van der Waals surface area contributed by atoms with E-state index in [1.54, 1.807) is 4.90 Å². The van der Waals surface area contributed by atoms with Gasteiger partial charge in [-0.2, -0.15) is 0 Å². The topological polar surface area (TPSA) is 107 Å². The van der Waals surface area contributed by atoms with Gasteiger partial charge in [0.2, 0.25) is 17.7 Å². The zero-order valence-corrected chi connectivity index (χ0v) is 15.7. The molecular weight excluding hydrogens is 346 g/mol. The van der Waals surface area contributed by atoms with Gasteiger partial charge < -0.3 is 20.5 Å². The monoisotopic (exact) mass is 371 g/mol. The summed E-state index contributed by atoms with van der Waals surface area (Å²) in [7, 11) is 0. The number of benzene rings is 1. The van der Waals surface area contributed by atoms with Crippen LogP contribution in [0.2, 0.25) is 0 Å². The van der Waals surface area contributed by atoms with Crippen LogP contribution in [0.1, 0.15) is 37.1 Å². The Labute approximate surface area is 157 Å². The molecule has 0 aliphatic carbocycles. The number of carbonyl (C=O) groups is 3. The number of piperidine rings is 1. The number of amides is 3. The number of nitrogens with zero attached hydrogens (tertiary/aromatic N) is 2. The van der Waals surface area contributed by atoms with E-state index in [0.717, 1.165) is 29.7 Å². The molecule has 1 aromatic carbocycles. The lowest BCUT2D eigenvalue weighted by atomic mass is 9.97. The summed E-state index contributed by atoms with van der Waals surface area (Å²) in [6.45, 7) is 4.45. The minimum absolute atomic E-state index is 0.0650. The molecule has 8 nitrogen and oxygen atoms in total. The molecule has 2 aromatic rings. The van der Waals surface area contributed by atoms with Crippen molar-refractivity contribution in [1.29, 1.82) is 0 Å².